The maximum atomic E-state index is 13.0. The first-order valence-corrected chi connectivity index (χ1v) is 9.49. The van der Waals surface area contributed by atoms with Crippen molar-refractivity contribution in [2.75, 3.05) is 20.8 Å². The van der Waals surface area contributed by atoms with E-state index in [1.165, 1.54) is 19.1 Å². The van der Waals surface area contributed by atoms with Crippen molar-refractivity contribution in [3.05, 3.63) is 34.9 Å². The van der Waals surface area contributed by atoms with Crippen LogP contribution < -0.4 is 9.47 Å². The Bertz CT molecular complexity index is 800. The van der Waals surface area contributed by atoms with E-state index in [0.29, 0.717) is 47.7 Å². The summed E-state index contributed by atoms with van der Waals surface area (Å²) in [5.41, 5.74) is 1.80. The lowest BCUT2D eigenvalue weighted by atomic mass is 9.93. The number of hydrogen-bond acceptors (Lipinski definition) is 6. The number of rotatable bonds is 7. The number of carbonyl (C=O) groups is 3. The summed E-state index contributed by atoms with van der Waals surface area (Å²) < 4.78 is 15.7. The molecule has 0 bridgehead atoms. The molecule has 150 valence electrons. The van der Waals surface area contributed by atoms with Crippen LogP contribution in [0.4, 0.5) is 0 Å². The van der Waals surface area contributed by atoms with Crippen LogP contribution in [-0.4, -0.2) is 43.5 Å². The molecule has 0 N–H and O–H groups in total. The van der Waals surface area contributed by atoms with Crippen molar-refractivity contribution in [3.8, 4) is 11.5 Å². The lowest BCUT2D eigenvalue weighted by molar-refractivity contribution is -0.146. The number of amides is 2. The van der Waals surface area contributed by atoms with Crippen LogP contribution in [0.3, 0.4) is 0 Å². The molecular formula is C21H25NO6. The van der Waals surface area contributed by atoms with Crippen molar-refractivity contribution in [1.82, 2.24) is 4.90 Å². The van der Waals surface area contributed by atoms with E-state index in [4.69, 9.17) is 14.2 Å². The smallest absolute Gasteiger partial charge is 0.307 e. The van der Waals surface area contributed by atoms with Crippen molar-refractivity contribution >= 4 is 17.8 Å². The highest BCUT2D eigenvalue weighted by Gasteiger charge is 2.43. The number of esters is 1. The van der Waals surface area contributed by atoms with E-state index < -0.39 is 12.0 Å². The molecule has 2 aliphatic rings. The minimum absolute atomic E-state index is 0.119. The van der Waals surface area contributed by atoms with Crippen LogP contribution in [0.15, 0.2) is 29.3 Å². The van der Waals surface area contributed by atoms with E-state index in [0.717, 1.165) is 12.8 Å². The van der Waals surface area contributed by atoms with Crippen molar-refractivity contribution in [1.29, 1.82) is 0 Å². The third-order valence-electron chi connectivity index (χ3n) is 5.19. The second kappa shape index (κ2) is 8.46. The quantitative estimate of drug-likeness (QED) is 0.528. The lowest BCUT2D eigenvalue weighted by Gasteiger charge is -2.27. The van der Waals surface area contributed by atoms with Gasteiger partial charge in [0.15, 0.2) is 11.5 Å². The monoisotopic (exact) mass is 387 g/mol. The molecule has 0 radical (unpaired) electrons. The van der Waals surface area contributed by atoms with Crippen LogP contribution in [0.2, 0.25) is 0 Å². The zero-order valence-electron chi connectivity index (χ0n) is 16.4. The third-order valence-corrected chi connectivity index (χ3v) is 5.19. The van der Waals surface area contributed by atoms with Crippen molar-refractivity contribution in [3.63, 3.8) is 0 Å². The molecule has 1 heterocycles. The van der Waals surface area contributed by atoms with Crippen LogP contribution in [0.1, 0.15) is 50.6 Å². The van der Waals surface area contributed by atoms with Gasteiger partial charge in [-0.15, -0.1) is 0 Å². The van der Waals surface area contributed by atoms with Gasteiger partial charge in [0.2, 0.25) is 0 Å². The normalized spacial score (nSPS) is 17.5. The average Bonchev–Trinajstić information content (AvgIpc) is 2.97. The molecule has 1 atom stereocenters. The van der Waals surface area contributed by atoms with Gasteiger partial charge in [-0.3, -0.25) is 19.3 Å². The number of carbonyl (C=O) groups excluding carboxylic acids is 3. The van der Waals surface area contributed by atoms with Crippen molar-refractivity contribution < 1.29 is 28.6 Å². The van der Waals surface area contributed by atoms with Gasteiger partial charge in [0.25, 0.3) is 11.8 Å². The second-order valence-electron chi connectivity index (χ2n) is 6.78. The molecule has 1 aromatic rings. The number of methoxy groups -OCH3 is 2. The Labute approximate surface area is 164 Å². The summed E-state index contributed by atoms with van der Waals surface area (Å²) in [5, 5.41) is 0. The Kier molecular flexibility index (Phi) is 6.02. The highest BCUT2D eigenvalue weighted by Crippen LogP contribution is 2.40. The highest BCUT2D eigenvalue weighted by atomic mass is 16.5. The first-order valence-electron chi connectivity index (χ1n) is 9.49. The number of hydrogen-bond donors (Lipinski definition) is 0. The van der Waals surface area contributed by atoms with Gasteiger partial charge in [0, 0.05) is 11.1 Å². The van der Waals surface area contributed by atoms with Gasteiger partial charge in [0.05, 0.1) is 33.3 Å². The summed E-state index contributed by atoms with van der Waals surface area (Å²) in [6.07, 6.45) is 2.88. The molecule has 7 heteroatoms. The van der Waals surface area contributed by atoms with E-state index in [9.17, 15) is 14.4 Å². The molecule has 0 saturated heterocycles. The summed E-state index contributed by atoms with van der Waals surface area (Å²) in [4.78, 5) is 39.3. The molecule has 0 fully saturated rings. The zero-order valence-corrected chi connectivity index (χ0v) is 16.4. The molecule has 3 rings (SSSR count). The Hall–Kier alpha value is -2.83. The Morgan fingerprint density at radius 2 is 1.71 bits per heavy atom. The van der Waals surface area contributed by atoms with Crippen LogP contribution in [0.25, 0.3) is 0 Å². The van der Waals surface area contributed by atoms with Crippen LogP contribution in [0, 0.1) is 0 Å². The predicted octanol–water partition coefficient (Wildman–Crippen LogP) is 2.94. The van der Waals surface area contributed by atoms with E-state index >= 15 is 0 Å². The number of benzene rings is 1. The molecule has 0 spiro atoms. The topological polar surface area (TPSA) is 82.1 Å². The van der Waals surface area contributed by atoms with E-state index in [2.05, 4.69) is 0 Å². The van der Waals surface area contributed by atoms with Crippen LogP contribution in [-0.2, 0) is 19.1 Å². The number of ether oxygens (including phenoxy) is 3. The van der Waals surface area contributed by atoms with Gasteiger partial charge in [-0.25, -0.2) is 0 Å². The Morgan fingerprint density at radius 1 is 1.07 bits per heavy atom. The van der Waals surface area contributed by atoms with Crippen LogP contribution >= 0.6 is 0 Å². The fourth-order valence-corrected chi connectivity index (χ4v) is 3.81. The SMILES string of the molecule is CCOc1cc(C(CC(=O)OC)N2C(=O)C3=C(CCCC3)C2=O)ccc1OC. The molecule has 1 aromatic carbocycles. The second-order valence-corrected chi connectivity index (χ2v) is 6.78. The first kappa shape index (κ1) is 19.9. The first-order chi connectivity index (χ1) is 13.5. The Morgan fingerprint density at radius 3 is 2.25 bits per heavy atom. The van der Waals surface area contributed by atoms with E-state index in [-0.39, 0.29) is 18.2 Å². The minimum atomic E-state index is -0.761. The number of nitrogens with zero attached hydrogens (tertiary/aromatic N) is 1. The van der Waals surface area contributed by atoms with Gasteiger partial charge in [0.1, 0.15) is 0 Å². The maximum absolute atomic E-state index is 13.0. The van der Waals surface area contributed by atoms with E-state index in [1.807, 2.05) is 6.92 Å². The molecule has 1 unspecified atom stereocenters. The fourth-order valence-electron chi connectivity index (χ4n) is 3.81. The van der Waals surface area contributed by atoms with Crippen molar-refractivity contribution in [2.45, 2.75) is 45.1 Å². The zero-order chi connectivity index (χ0) is 20.3. The summed E-state index contributed by atoms with van der Waals surface area (Å²) >= 11 is 0. The molecule has 1 aliphatic carbocycles. The molecule has 7 nitrogen and oxygen atoms in total. The largest absolute Gasteiger partial charge is 0.493 e. The van der Waals surface area contributed by atoms with Gasteiger partial charge in [-0.05, 0) is 50.3 Å². The van der Waals surface area contributed by atoms with Crippen LogP contribution in [0.5, 0.6) is 11.5 Å². The summed E-state index contributed by atoms with van der Waals surface area (Å²) in [7, 11) is 2.82. The molecule has 0 saturated carbocycles. The molecular weight excluding hydrogens is 362 g/mol. The minimum Gasteiger partial charge on any atom is -0.493 e. The summed E-state index contributed by atoms with van der Waals surface area (Å²) in [5.74, 6) is -0.0675. The maximum Gasteiger partial charge on any atom is 0.307 e. The molecule has 0 aromatic heterocycles. The molecule has 2 amide bonds. The average molecular weight is 387 g/mol. The lowest BCUT2D eigenvalue weighted by Crippen LogP contribution is -2.37. The summed E-state index contributed by atoms with van der Waals surface area (Å²) in [6, 6.07) is 4.41. The van der Waals surface area contributed by atoms with Gasteiger partial charge in [-0.1, -0.05) is 6.07 Å². The fraction of sp³-hybridized carbons (Fsp3) is 0.476. The Balaban J connectivity index is 2.01. The van der Waals surface area contributed by atoms with E-state index in [1.54, 1.807) is 18.2 Å². The van der Waals surface area contributed by atoms with Gasteiger partial charge in [-0.2, -0.15) is 0 Å². The van der Waals surface area contributed by atoms with Gasteiger partial charge < -0.3 is 14.2 Å². The molecule has 28 heavy (non-hydrogen) atoms. The van der Waals surface area contributed by atoms with Crippen molar-refractivity contribution in [2.24, 2.45) is 0 Å². The summed E-state index contributed by atoms with van der Waals surface area (Å²) in [6.45, 7) is 2.28. The number of imide groups is 1. The highest BCUT2D eigenvalue weighted by molar-refractivity contribution is 6.19. The third kappa shape index (κ3) is 3.61. The van der Waals surface area contributed by atoms with Gasteiger partial charge >= 0.3 is 5.97 Å². The predicted molar refractivity (Wildman–Crippen MR) is 101 cm³/mol. The standard InChI is InChI=1S/C21H25NO6/c1-4-28-18-11-13(9-10-17(18)26-2)16(12-19(23)27-3)22-20(24)14-7-5-6-8-15(14)21(22)25/h9-11,16H,4-8,12H2,1-3H3. The molecule has 1 aliphatic heterocycles.